The number of benzene rings is 1. The summed E-state index contributed by atoms with van der Waals surface area (Å²) in [5, 5.41) is 6.76. The monoisotopic (exact) mass is 383 g/mol. The van der Waals surface area contributed by atoms with Crippen LogP contribution in [0.15, 0.2) is 84.5 Å². The van der Waals surface area contributed by atoms with Gasteiger partial charge < -0.3 is 4.40 Å². The van der Waals surface area contributed by atoms with Gasteiger partial charge in [0.25, 0.3) is 0 Å². The molecule has 5 rings (SSSR count). The zero-order valence-corrected chi connectivity index (χ0v) is 16.1. The molecule has 0 aliphatic rings. The molecule has 0 unspecified atom stereocenters. The van der Waals surface area contributed by atoms with Crippen LogP contribution in [0.3, 0.4) is 0 Å². The number of pyridine rings is 1. The van der Waals surface area contributed by atoms with E-state index < -0.39 is 0 Å². The summed E-state index contributed by atoms with van der Waals surface area (Å²) in [6.07, 6.45) is 3.77. The van der Waals surface area contributed by atoms with E-state index in [9.17, 15) is 4.79 Å². The third-order valence-corrected chi connectivity index (χ3v) is 5.70. The molecule has 136 valence electrons. The fraction of sp³-hybridized carbons (Fsp3) is 0.0435. The number of fused-ring (bicyclic) bond motifs is 1. The van der Waals surface area contributed by atoms with Crippen molar-refractivity contribution in [3.63, 3.8) is 0 Å². The fourth-order valence-corrected chi connectivity index (χ4v) is 4.25. The molecule has 0 saturated carbocycles. The smallest absolute Gasteiger partial charge is 0.213 e. The van der Waals surface area contributed by atoms with Gasteiger partial charge in [0, 0.05) is 17.9 Å². The van der Waals surface area contributed by atoms with Crippen molar-refractivity contribution in [2.24, 2.45) is 0 Å². The lowest BCUT2D eigenvalue weighted by molar-refractivity contribution is 0.103. The van der Waals surface area contributed by atoms with Crippen LogP contribution in [-0.4, -0.2) is 20.0 Å². The molecule has 4 heterocycles. The molecule has 28 heavy (non-hydrogen) atoms. The number of carbonyl (C=O) groups excluding carboxylic acids is 1. The molecular weight excluding hydrogens is 366 g/mol. The van der Waals surface area contributed by atoms with E-state index in [4.69, 9.17) is 5.10 Å². The Morgan fingerprint density at radius 1 is 1.00 bits per heavy atom. The minimum atomic E-state index is -0.0192. The van der Waals surface area contributed by atoms with Crippen molar-refractivity contribution < 1.29 is 4.79 Å². The van der Waals surface area contributed by atoms with Gasteiger partial charge in [0.05, 0.1) is 21.8 Å². The molecule has 4 aromatic heterocycles. The van der Waals surface area contributed by atoms with Gasteiger partial charge in [0.2, 0.25) is 5.78 Å². The van der Waals surface area contributed by atoms with Gasteiger partial charge in [0.1, 0.15) is 5.69 Å². The predicted octanol–water partition coefficient (Wildman–Crippen LogP) is 5.39. The van der Waals surface area contributed by atoms with E-state index in [-0.39, 0.29) is 5.78 Å². The zero-order chi connectivity index (χ0) is 19.1. The van der Waals surface area contributed by atoms with Crippen molar-refractivity contribution >= 4 is 22.6 Å². The van der Waals surface area contributed by atoms with Crippen LogP contribution in [0.2, 0.25) is 0 Å². The second-order valence-corrected chi connectivity index (χ2v) is 7.60. The van der Waals surface area contributed by atoms with Crippen molar-refractivity contribution in [1.82, 2.24) is 14.2 Å². The fourth-order valence-electron chi connectivity index (χ4n) is 3.52. The van der Waals surface area contributed by atoms with Crippen LogP contribution in [-0.2, 0) is 0 Å². The highest BCUT2D eigenvalue weighted by Gasteiger charge is 2.24. The first-order valence-corrected chi connectivity index (χ1v) is 9.91. The Kier molecular flexibility index (Phi) is 3.95. The largest absolute Gasteiger partial charge is 0.313 e. The summed E-state index contributed by atoms with van der Waals surface area (Å²) in [4.78, 5) is 14.6. The van der Waals surface area contributed by atoms with Gasteiger partial charge in [-0.1, -0.05) is 30.3 Å². The summed E-state index contributed by atoms with van der Waals surface area (Å²) in [6, 6.07) is 21.8. The molecule has 0 saturated heterocycles. The summed E-state index contributed by atoms with van der Waals surface area (Å²) < 4.78 is 3.74. The van der Waals surface area contributed by atoms with Crippen molar-refractivity contribution in [3.8, 4) is 16.3 Å². The van der Waals surface area contributed by atoms with Gasteiger partial charge >= 0.3 is 0 Å². The molecule has 0 radical (unpaired) electrons. The Balaban J connectivity index is 1.71. The lowest BCUT2D eigenvalue weighted by Crippen LogP contribution is -2.07. The van der Waals surface area contributed by atoms with Gasteiger partial charge in [-0.15, -0.1) is 11.3 Å². The number of para-hydroxylation sites is 1. The molecule has 5 heteroatoms. The van der Waals surface area contributed by atoms with Gasteiger partial charge in [-0.05, 0) is 54.3 Å². The maximum absolute atomic E-state index is 13.6. The maximum Gasteiger partial charge on any atom is 0.213 e. The molecule has 0 aliphatic carbocycles. The van der Waals surface area contributed by atoms with Crippen LogP contribution in [0, 0.1) is 6.92 Å². The minimum absolute atomic E-state index is 0.0192. The molecule has 0 aliphatic heterocycles. The number of aryl methyl sites for hydroxylation is 1. The van der Waals surface area contributed by atoms with Gasteiger partial charge in [-0.2, -0.15) is 5.10 Å². The summed E-state index contributed by atoms with van der Waals surface area (Å²) in [6.45, 7) is 1.98. The lowest BCUT2D eigenvalue weighted by atomic mass is 10.1. The summed E-state index contributed by atoms with van der Waals surface area (Å²) in [7, 11) is 0. The minimum Gasteiger partial charge on any atom is -0.313 e. The van der Waals surface area contributed by atoms with E-state index in [1.54, 1.807) is 16.0 Å². The Labute approximate surface area is 166 Å². The maximum atomic E-state index is 13.6. The first kappa shape index (κ1) is 16.7. The number of nitrogens with zero attached hydrogens (tertiary/aromatic N) is 3. The normalized spacial score (nSPS) is 11.2. The molecule has 0 amide bonds. The number of hydrogen-bond donors (Lipinski definition) is 0. The van der Waals surface area contributed by atoms with Crippen molar-refractivity contribution in [2.45, 2.75) is 6.92 Å². The SMILES string of the molecule is Cc1cc2ccccn2c1C(=O)c1cn(-c2ccccc2)nc1-c1cccs1. The summed E-state index contributed by atoms with van der Waals surface area (Å²) in [5.41, 5.74) is 4.90. The lowest BCUT2D eigenvalue weighted by Gasteiger charge is -2.04. The average Bonchev–Trinajstić information content (AvgIpc) is 3.45. The Hall–Kier alpha value is -3.44. The molecule has 0 bridgehead atoms. The van der Waals surface area contributed by atoms with E-state index in [1.807, 2.05) is 95.8 Å². The van der Waals surface area contributed by atoms with Crippen LogP contribution in [0.1, 0.15) is 21.6 Å². The summed E-state index contributed by atoms with van der Waals surface area (Å²) >= 11 is 1.59. The van der Waals surface area contributed by atoms with Gasteiger partial charge in [-0.3, -0.25) is 4.79 Å². The third-order valence-electron chi connectivity index (χ3n) is 4.82. The number of rotatable bonds is 4. The van der Waals surface area contributed by atoms with Crippen molar-refractivity contribution in [3.05, 3.63) is 101 Å². The van der Waals surface area contributed by atoms with E-state index in [1.165, 1.54) is 0 Å². The molecule has 5 aromatic rings. The van der Waals surface area contributed by atoms with Gasteiger partial charge in [0.15, 0.2) is 0 Å². The van der Waals surface area contributed by atoms with Crippen LogP contribution >= 0.6 is 11.3 Å². The highest BCUT2D eigenvalue weighted by molar-refractivity contribution is 7.13. The number of aromatic nitrogens is 3. The Morgan fingerprint density at radius 3 is 2.61 bits per heavy atom. The number of thiophene rings is 1. The van der Waals surface area contributed by atoms with E-state index in [0.29, 0.717) is 17.0 Å². The molecule has 0 fully saturated rings. The second-order valence-electron chi connectivity index (χ2n) is 6.65. The van der Waals surface area contributed by atoms with Crippen molar-refractivity contribution in [2.75, 3.05) is 0 Å². The van der Waals surface area contributed by atoms with E-state index >= 15 is 0 Å². The van der Waals surface area contributed by atoms with Crippen LogP contribution < -0.4 is 0 Å². The van der Waals surface area contributed by atoms with Crippen LogP contribution in [0.5, 0.6) is 0 Å². The Bertz CT molecular complexity index is 1280. The molecular formula is C23H17N3OS. The average molecular weight is 383 g/mol. The second kappa shape index (κ2) is 6.62. The molecule has 0 atom stereocenters. The number of carbonyl (C=O) groups is 1. The highest BCUT2D eigenvalue weighted by Crippen LogP contribution is 2.30. The van der Waals surface area contributed by atoms with E-state index in [0.717, 1.165) is 21.6 Å². The highest BCUT2D eigenvalue weighted by atomic mass is 32.1. The number of hydrogen-bond acceptors (Lipinski definition) is 3. The molecule has 4 nitrogen and oxygen atoms in total. The van der Waals surface area contributed by atoms with Gasteiger partial charge in [-0.25, -0.2) is 4.68 Å². The van der Waals surface area contributed by atoms with E-state index in [2.05, 4.69) is 0 Å². The topological polar surface area (TPSA) is 39.3 Å². The Morgan fingerprint density at radius 2 is 1.82 bits per heavy atom. The molecule has 0 N–H and O–H groups in total. The molecule has 0 spiro atoms. The quantitative estimate of drug-likeness (QED) is 0.390. The third kappa shape index (κ3) is 2.68. The molecule has 1 aromatic carbocycles. The summed E-state index contributed by atoms with van der Waals surface area (Å²) in [5.74, 6) is -0.0192. The standard InChI is InChI=1S/C23H17N3OS/c1-16-14-18-10-5-6-12-25(18)22(16)23(27)19-15-26(17-8-3-2-4-9-17)24-21(19)20-11-7-13-28-20/h2-15H,1H3. The number of ketones is 1. The van der Waals surface area contributed by atoms with Crippen molar-refractivity contribution in [1.29, 1.82) is 0 Å². The predicted molar refractivity (Wildman–Crippen MR) is 112 cm³/mol. The first-order valence-electron chi connectivity index (χ1n) is 9.03. The zero-order valence-electron chi connectivity index (χ0n) is 15.2. The first-order chi connectivity index (χ1) is 13.7. The van der Waals surface area contributed by atoms with Crippen LogP contribution in [0.4, 0.5) is 0 Å². The van der Waals surface area contributed by atoms with Crippen LogP contribution in [0.25, 0.3) is 21.8 Å².